The maximum atomic E-state index is 4.98. The van der Waals surface area contributed by atoms with E-state index in [4.69, 9.17) is 4.74 Å². The van der Waals surface area contributed by atoms with Gasteiger partial charge in [0.25, 0.3) is 0 Å². The largest absolute Gasteiger partial charge is 0.383 e. The Morgan fingerprint density at radius 3 is 2.83 bits per heavy atom. The van der Waals surface area contributed by atoms with Crippen LogP contribution in [0.15, 0.2) is 6.07 Å². The zero-order valence-corrected chi connectivity index (χ0v) is 12.1. The summed E-state index contributed by atoms with van der Waals surface area (Å²) in [6.07, 6.45) is 5.35. The molecule has 102 valence electrons. The van der Waals surface area contributed by atoms with E-state index >= 15 is 0 Å². The normalized spacial score (nSPS) is 14.7. The predicted molar refractivity (Wildman–Crippen MR) is 77.4 cm³/mol. The lowest BCUT2D eigenvalue weighted by Crippen LogP contribution is -2.28. The van der Waals surface area contributed by atoms with Gasteiger partial charge in [0.05, 0.1) is 6.61 Å². The minimum absolute atomic E-state index is 0.789. The summed E-state index contributed by atoms with van der Waals surface area (Å²) in [5.41, 5.74) is 1.61. The molecular formula is C14H24N2OS. The smallest absolute Gasteiger partial charge is 0.0587 e. The molecule has 0 spiro atoms. The molecule has 0 atom stereocenters. The van der Waals surface area contributed by atoms with Crippen LogP contribution in [0.2, 0.25) is 0 Å². The molecule has 1 heterocycles. The maximum Gasteiger partial charge on any atom is 0.0587 e. The van der Waals surface area contributed by atoms with Crippen LogP contribution in [-0.4, -0.2) is 33.4 Å². The molecule has 0 bridgehead atoms. The molecular weight excluding hydrogens is 244 g/mol. The highest BCUT2D eigenvalue weighted by atomic mass is 32.1. The van der Waals surface area contributed by atoms with E-state index in [1.807, 2.05) is 11.3 Å². The summed E-state index contributed by atoms with van der Waals surface area (Å²) in [4.78, 5) is 3.13. The van der Waals surface area contributed by atoms with Crippen LogP contribution < -0.4 is 10.6 Å². The zero-order valence-electron chi connectivity index (χ0n) is 11.3. The Kier molecular flexibility index (Phi) is 6.14. The van der Waals surface area contributed by atoms with Crippen molar-refractivity contribution in [3.63, 3.8) is 0 Å². The third-order valence-corrected chi connectivity index (χ3v) is 4.55. The molecule has 0 aliphatic heterocycles. The fourth-order valence-electron chi connectivity index (χ4n) is 2.33. The summed E-state index contributed by atoms with van der Waals surface area (Å²) in [6.45, 7) is 4.77. The number of thiophene rings is 1. The Balaban J connectivity index is 1.60. The van der Waals surface area contributed by atoms with Crippen molar-refractivity contribution in [3.8, 4) is 0 Å². The first-order chi connectivity index (χ1) is 8.90. The van der Waals surface area contributed by atoms with Gasteiger partial charge in [0.15, 0.2) is 0 Å². The molecule has 2 rings (SSSR count). The van der Waals surface area contributed by atoms with Gasteiger partial charge in [-0.25, -0.2) is 0 Å². The Bertz CT molecular complexity index is 328. The summed E-state index contributed by atoms with van der Waals surface area (Å²) in [5.74, 6) is 0. The number of nitrogens with one attached hydrogen (secondary N) is 2. The lowest BCUT2D eigenvalue weighted by atomic mass is 9.99. The van der Waals surface area contributed by atoms with Crippen LogP contribution in [0.5, 0.6) is 0 Å². The van der Waals surface area contributed by atoms with Gasteiger partial charge in [-0.15, -0.1) is 11.3 Å². The highest BCUT2D eigenvalue weighted by Crippen LogP contribution is 2.29. The summed E-state index contributed by atoms with van der Waals surface area (Å²) >= 11 is 2.00. The van der Waals surface area contributed by atoms with Crippen molar-refractivity contribution in [1.82, 2.24) is 10.6 Å². The molecule has 1 aromatic rings. The average molecular weight is 268 g/mol. The van der Waals surface area contributed by atoms with Crippen molar-refractivity contribution < 1.29 is 4.74 Å². The molecule has 3 nitrogen and oxygen atoms in total. The van der Waals surface area contributed by atoms with Gasteiger partial charge in [0.1, 0.15) is 0 Å². The zero-order chi connectivity index (χ0) is 12.6. The molecule has 1 aromatic heterocycles. The molecule has 0 unspecified atom stereocenters. The molecule has 0 fully saturated rings. The first-order valence-corrected chi connectivity index (χ1v) is 7.72. The van der Waals surface area contributed by atoms with E-state index in [9.17, 15) is 0 Å². The number of hydrogen-bond donors (Lipinski definition) is 2. The lowest BCUT2D eigenvalue weighted by molar-refractivity contribution is 0.199. The van der Waals surface area contributed by atoms with Crippen molar-refractivity contribution >= 4 is 11.3 Å². The molecule has 1 aliphatic carbocycles. The Labute approximate surface area is 114 Å². The van der Waals surface area contributed by atoms with Gasteiger partial charge < -0.3 is 15.4 Å². The number of aryl methyl sites for hydroxylation is 2. The number of ether oxygens (including phenoxy) is 1. The second-order valence-corrected chi connectivity index (χ2v) is 6.01. The van der Waals surface area contributed by atoms with Crippen molar-refractivity contribution in [2.24, 2.45) is 0 Å². The first kappa shape index (κ1) is 14.0. The second kappa shape index (κ2) is 7.89. The number of methoxy groups -OCH3 is 1. The maximum absolute atomic E-state index is 4.98. The SMILES string of the molecule is COCCNCCNCc1cc2c(s1)CCCC2. The molecule has 0 saturated carbocycles. The van der Waals surface area contributed by atoms with E-state index in [2.05, 4.69) is 16.7 Å². The van der Waals surface area contributed by atoms with Crippen LogP contribution in [0.1, 0.15) is 28.2 Å². The van der Waals surface area contributed by atoms with E-state index in [1.165, 1.54) is 30.6 Å². The Morgan fingerprint density at radius 1 is 1.17 bits per heavy atom. The molecule has 1 aliphatic rings. The van der Waals surface area contributed by atoms with E-state index in [0.29, 0.717) is 0 Å². The van der Waals surface area contributed by atoms with Gasteiger partial charge in [0.2, 0.25) is 0 Å². The molecule has 0 radical (unpaired) electrons. The number of rotatable bonds is 8. The van der Waals surface area contributed by atoms with Gasteiger partial charge in [-0.2, -0.15) is 0 Å². The monoisotopic (exact) mass is 268 g/mol. The van der Waals surface area contributed by atoms with E-state index in [1.54, 1.807) is 17.6 Å². The second-order valence-electron chi connectivity index (χ2n) is 4.79. The Morgan fingerprint density at radius 2 is 2.00 bits per heavy atom. The summed E-state index contributed by atoms with van der Waals surface area (Å²) in [6, 6.07) is 2.41. The number of hydrogen-bond acceptors (Lipinski definition) is 4. The van der Waals surface area contributed by atoms with Gasteiger partial charge in [-0.05, 0) is 37.3 Å². The van der Waals surface area contributed by atoms with E-state index in [-0.39, 0.29) is 0 Å². The van der Waals surface area contributed by atoms with Crippen molar-refractivity contribution in [2.45, 2.75) is 32.2 Å². The molecule has 0 amide bonds. The molecule has 0 saturated heterocycles. The summed E-state index contributed by atoms with van der Waals surface area (Å²) < 4.78 is 4.98. The quantitative estimate of drug-likeness (QED) is 0.707. The fraction of sp³-hybridized carbons (Fsp3) is 0.714. The van der Waals surface area contributed by atoms with Crippen LogP contribution in [-0.2, 0) is 24.1 Å². The average Bonchev–Trinajstić information content (AvgIpc) is 2.80. The lowest BCUT2D eigenvalue weighted by Gasteiger charge is -2.08. The highest BCUT2D eigenvalue weighted by Gasteiger charge is 2.12. The van der Waals surface area contributed by atoms with Crippen molar-refractivity contribution in [2.75, 3.05) is 33.4 Å². The fourth-order valence-corrected chi connectivity index (χ4v) is 3.56. The topological polar surface area (TPSA) is 33.3 Å². The van der Waals surface area contributed by atoms with E-state index < -0.39 is 0 Å². The van der Waals surface area contributed by atoms with Crippen LogP contribution in [0, 0.1) is 0 Å². The number of fused-ring (bicyclic) bond motifs is 1. The third-order valence-electron chi connectivity index (χ3n) is 3.31. The standard InChI is InChI=1S/C14H24N2OS/c1-17-9-8-15-6-7-16-11-13-10-12-4-2-3-5-14(12)18-13/h10,15-16H,2-9,11H2,1H3. The summed E-state index contributed by atoms with van der Waals surface area (Å²) in [5, 5.41) is 6.83. The minimum Gasteiger partial charge on any atom is -0.383 e. The van der Waals surface area contributed by atoms with Gasteiger partial charge in [-0.3, -0.25) is 0 Å². The van der Waals surface area contributed by atoms with Crippen molar-refractivity contribution in [3.05, 3.63) is 21.4 Å². The van der Waals surface area contributed by atoms with Crippen molar-refractivity contribution in [1.29, 1.82) is 0 Å². The molecule has 18 heavy (non-hydrogen) atoms. The van der Waals surface area contributed by atoms with Gasteiger partial charge >= 0.3 is 0 Å². The van der Waals surface area contributed by atoms with Crippen LogP contribution in [0.25, 0.3) is 0 Å². The predicted octanol–water partition coefficient (Wildman–Crippen LogP) is 1.95. The highest BCUT2D eigenvalue weighted by molar-refractivity contribution is 7.12. The van der Waals surface area contributed by atoms with Gasteiger partial charge in [0, 0.05) is 43.0 Å². The van der Waals surface area contributed by atoms with Crippen LogP contribution >= 0.6 is 11.3 Å². The Hall–Kier alpha value is -0.420. The minimum atomic E-state index is 0.789. The molecule has 2 N–H and O–H groups in total. The molecule has 4 heteroatoms. The molecule has 0 aromatic carbocycles. The third kappa shape index (κ3) is 4.35. The van der Waals surface area contributed by atoms with Gasteiger partial charge in [-0.1, -0.05) is 0 Å². The first-order valence-electron chi connectivity index (χ1n) is 6.91. The van der Waals surface area contributed by atoms with Crippen LogP contribution in [0.4, 0.5) is 0 Å². The van der Waals surface area contributed by atoms with E-state index in [0.717, 1.165) is 32.8 Å². The van der Waals surface area contributed by atoms with Crippen LogP contribution in [0.3, 0.4) is 0 Å². The summed E-state index contributed by atoms with van der Waals surface area (Å²) in [7, 11) is 1.73.